The molecular weight excluding hydrogens is 624 g/mol. The Hall–Kier alpha value is -3.64. The molecule has 0 aliphatic carbocycles. The topological polar surface area (TPSA) is 97.7 Å². The lowest BCUT2D eigenvalue weighted by atomic mass is 9.83. The van der Waals surface area contributed by atoms with Crippen LogP contribution in [0.2, 0.25) is 10.0 Å². The lowest BCUT2D eigenvalue weighted by Crippen LogP contribution is -2.33. The average Bonchev–Trinajstić information content (AvgIpc) is 3.42. The fourth-order valence-corrected chi connectivity index (χ4v) is 8.40. The fourth-order valence-electron chi connectivity index (χ4n) is 5.21. The van der Waals surface area contributed by atoms with Gasteiger partial charge >= 0.3 is 4.87 Å². The van der Waals surface area contributed by atoms with Crippen LogP contribution in [0, 0.1) is 11.7 Å². The van der Waals surface area contributed by atoms with Gasteiger partial charge in [0.05, 0.1) is 33.8 Å². The van der Waals surface area contributed by atoms with Crippen LogP contribution in [0.15, 0.2) is 76.6 Å². The number of imide groups is 1. The number of thiazole rings is 1. The molecule has 13 heteroatoms. The first-order valence-corrected chi connectivity index (χ1v) is 15.0. The van der Waals surface area contributed by atoms with Crippen molar-refractivity contribution in [3.8, 4) is 5.75 Å². The number of amides is 3. The number of aromatic nitrogens is 1. The van der Waals surface area contributed by atoms with Crippen molar-refractivity contribution in [2.45, 2.75) is 22.7 Å². The molecular formula is C29H20Cl2FN3O5S2. The standard InChI is InChI=1S/C29H20Cl2FN3O5S2/c1-40-17-11-9-16(10-12-17)35-26(37)22-21(18-3-2-4-19(30)23(18)31)25-28(41-24(22)27(35)38)34(29(39)42-25)13-20(36)33-15-7-5-14(32)6-8-15/h2-12,21-22,24H,13H2,1H3,(H,33,36)/t21-,22-,24+/m0/s1. The maximum atomic E-state index is 14.0. The zero-order valence-corrected chi connectivity index (χ0v) is 24.8. The van der Waals surface area contributed by atoms with Crippen molar-refractivity contribution in [3.05, 3.63) is 103 Å². The van der Waals surface area contributed by atoms with Gasteiger partial charge in [0.15, 0.2) is 0 Å². The number of hydrogen-bond acceptors (Lipinski definition) is 7. The number of carbonyl (C=O) groups is 3. The van der Waals surface area contributed by atoms with Gasteiger partial charge in [-0.2, -0.15) is 0 Å². The van der Waals surface area contributed by atoms with Gasteiger partial charge in [-0.3, -0.25) is 23.7 Å². The second kappa shape index (κ2) is 11.2. The van der Waals surface area contributed by atoms with Gasteiger partial charge in [0, 0.05) is 16.5 Å². The number of hydrogen-bond donors (Lipinski definition) is 1. The first kappa shape index (κ1) is 28.5. The first-order chi connectivity index (χ1) is 20.2. The Morgan fingerprint density at radius 3 is 2.40 bits per heavy atom. The van der Waals surface area contributed by atoms with Gasteiger partial charge in [-0.1, -0.05) is 58.4 Å². The molecule has 42 heavy (non-hydrogen) atoms. The highest BCUT2D eigenvalue weighted by Gasteiger charge is 2.57. The van der Waals surface area contributed by atoms with E-state index >= 15 is 0 Å². The summed E-state index contributed by atoms with van der Waals surface area (Å²) in [6.07, 6.45) is 0. The van der Waals surface area contributed by atoms with Gasteiger partial charge in [-0.25, -0.2) is 9.29 Å². The number of methoxy groups -OCH3 is 1. The summed E-state index contributed by atoms with van der Waals surface area (Å²) < 4.78 is 19.8. The molecule has 3 heterocycles. The van der Waals surface area contributed by atoms with E-state index in [1.165, 1.54) is 35.9 Å². The molecule has 2 aliphatic heterocycles. The highest BCUT2D eigenvalue weighted by atomic mass is 35.5. The Morgan fingerprint density at radius 1 is 1.00 bits per heavy atom. The van der Waals surface area contributed by atoms with Crippen LogP contribution in [0.3, 0.4) is 0 Å². The molecule has 2 aliphatic rings. The minimum absolute atomic E-state index is 0.213. The van der Waals surface area contributed by atoms with Crippen LogP contribution in [0.4, 0.5) is 15.8 Å². The monoisotopic (exact) mass is 643 g/mol. The zero-order chi connectivity index (χ0) is 29.7. The van der Waals surface area contributed by atoms with E-state index in [0.29, 0.717) is 32.6 Å². The van der Waals surface area contributed by atoms with Gasteiger partial charge in [0.1, 0.15) is 23.4 Å². The largest absolute Gasteiger partial charge is 0.497 e. The van der Waals surface area contributed by atoms with E-state index in [-0.39, 0.29) is 16.6 Å². The molecule has 4 aromatic rings. The summed E-state index contributed by atoms with van der Waals surface area (Å²) >= 11 is 15.0. The number of fused-ring (bicyclic) bond motifs is 2. The minimum Gasteiger partial charge on any atom is -0.497 e. The predicted octanol–water partition coefficient (Wildman–Crippen LogP) is 5.80. The van der Waals surface area contributed by atoms with Crippen LogP contribution >= 0.6 is 46.3 Å². The Bertz CT molecular complexity index is 1790. The van der Waals surface area contributed by atoms with Crippen LogP contribution in [0.1, 0.15) is 16.4 Å². The van der Waals surface area contributed by atoms with Crippen LogP contribution in [0.25, 0.3) is 0 Å². The summed E-state index contributed by atoms with van der Waals surface area (Å²) in [6.45, 7) is -0.354. The van der Waals surface area contributed by atoms with Crippen molar-refractivity contribution < 1.29 is 23.5 Å². The lowest BCUT2D eigenvalue weighted by Gasteiger charge is -2.31. The highest BCUT2D eigenvalue weighted by molar-refractivity contribution is 8.00. The van der Waals surface area contributed by atoms with Crippen molar-refractivity contribution in [1.82, 2.24) is 4.57 Å². The van der Waals surface area contributed by atoms with Crippen molar-refractivity contribution in [1.29, 1.82) is 0 Å². The Kier molecular flexibility index (Phi) is 7.61. The summed E-state index contributed by atoms with van der Waals surface area (Å²) in [5.41, 5.74) is 1.25. The molecule has 1 saturated heterocycles. The number of thioether (sulfide) groups is 1. The van der Waals surface area contributed by atoms with Crippen LogP contribution < -0.4 is 19.8 Å². The first-order valence-electron chi connectivity index (χ1n) is 12.6. The fraction of sp³-hybridized carbons (Fsp3) is 0.172. The maximum absolute atomic E-state index is 14.0. The van der Waals surface area contributed by atoms with E-state index in [4.69, 9.17) is 27.9 Å². The summed E-state index contributed by atoms with van der Waals surface area (Å²) in [6, 6.07) is 16.8. The van der Waals surface area contributed by atoms with Gasteiger partial charge in [0.25, 0.3) is 0 Å². The highest BCUT2D eigenvalue weighted by Crippen LogP contribution is 2.55. The van der Waals surface area contributed by atoms with Crippen molar-refractivity contribution in [3.63, 3.8) is 0 Å². The third kappa shape index (κ3) is 4.90. The molecule has 1 fully saturated rings. The molecule has 1 N–H and O–H groups in total. The smallest absolute Gasteiger partial charge is 0.308 e. The number of benzene rings is 3. The number of ether oxygens (including phenoxy) is 1. The van der Waals surface area contributed by atoms with E-state index in [2.05, 4.69) is 5.32 Å². The Balaban J connectivity index is 1.42. The molecule has 0 spiro atoms. The predicted molar refractivity (Wildman–Crippen MR) is 161 cm³/mol. The summed E-state index contributed by atoms with van der Waals surface area (Å²) in [5.74, 6) is -2.93. The summed E-state index contributed by atoms with van der Waals surface area (Å²) in [5, 5.41) is 2.64. The minimum atomic E-state index is -0.896. The van der Waals surface area contributed by atoms with E-state index in [1.54, 1.807) is 42.5 Å². The summed E-state index contributed by atoms with van der Waals surface area (Å²) in [4.78, 5) is 55.3. The number of nitrogens with zero attached hydrogens (tertiary/aromatic N) is 2. The molecule has 0 bridgehead atoms. The van der Waals surface area contributed by atoms with Gasteiger partial charge in [0.2, 0.25) is 17.7 Å². The third-order valence-corrected chi connectivity index (χ3v) is 10.6. The molecule has 3 amide bonds. The van der Waals surface area contributed by atoms with Crippen molar-refractivity contribution in [2.24, 2.45) is 5.92 Å². The molecule has 6 rings (SSSR count). The maximum Gasteiger partial charge on any atom is 0.308 e. The van der Waals surface area contributed by atoms with Crippen LogP contribution in [-0.2, 0) is 20.9 Å². The SMILES string of the molecule is COc1ccc(N2C(=O)[C@H]3[C@H](c4cccc(Cl)c4Cl)c4sc(=O)n(CC(=O)Nc5ccc(F)cc5)c4S[C@H]3C2=O)cc1. The zero-order valence-electron chi connectivity index (χ0n) is 21.7. The number of nitrogens with one attached hydrogen (secondary N) is 1. The number of anilines is 2. The molecule has 8 nitrogen and oxygen atoms in total. The van der Waals surface area contributed by atoms with Crippen molar-refractivity contribution >= 4 is 75.4 Å². The Morgan fingerprint density at radius 2 is 1.71 bits per heavy atom. The lowest BCUT2D eigenvalue weighted by molar-refractivity contribution is -0.122. The molecule has 214 valence electrons. The normalized spacial score (nSPS) is 19.4. The molecule has 0 saturated carbocycles. The molecule has 1 aromatic heterocycles. The second-order valence-corrected chi connectivity index (χ2v) is 12.5. The Labute approximate surface area is 257 Å². The number of halogens is 3. The average molecular weight is 645 g/mol. The molecule has 0 radical (unpaired) electrons. The third-order valence-electron chi connectivity index (χ3n) is 7.13. The molecule has 3 aromatic carbocycles. The number of rotatable bonds is 6. The van der Waals surface area contributed by atoms with Crippen LogP contribution in [0.5, 0.6) is 5.75 Å². The number of carbonyl (C=O) groups excluding carboxylic acids is 3. The van der Waals surface area contributed by atoms with E-state index in [9.17, 15) is 23.6 Å². The van der Waals surface area contributed by atoms with Crippen LogP contribution in [-0.4, -0.2) is 34.6 Å². The molecule has 3 atom stereocenters. The quantitative estimate of drug-likeness (QED) is 0.267. The van der Waals surface area contributed by atoms with Gasteiger partial charge in [-0.15, -0.1) is 0 Å². The second-order valence-electron chi connectivity index (χ2n) is 9.57. The van der Waals surface area contributed by atoms with E-state index in [0.717, 1.165) is 28.0 Å². The van der Waals surface area contributed by atoms with Crippen molar-refractivity contribution in [2.75, 3.05) is 17.3 Å². The molecule has 0 unspecified atom stereocenters. The van der Waals surface area contributed by atoms with Gasteiger partial charge in [-0.05, 0) is 60.2 Å². The van der Waals surface area contributed by atoms with E-state index < -0.39 is 45.5 Å². The van der Waals surface area contributed by atoms with Gasteiger partial charge < -0.3 is 10.1 Å². The van der Waals surface area contributed by atoms with E-state index in [1.807, 2.05) is 0 Å². The summed E-state index contributed by atoms with van der Waals surface area (Å²) in [7, 11) is 1.52.